The molecular formula is C18H14FN5O. The van der Waals surface area contributed by atoms with E-state index in [9.17, 15) is 4.39 Å². The third-order valence-electron chi connectivity index (χ3n) is 3.90. The van der Waals surface area contributed by atoms with Gasteiger partial charge in [-0.3, -0.25) is 14.6 Å². The van der Waals surface area contributed by atoms with Crippen LogP contribution in [0.25, 0.3) is 33.4 Å². The standard InChI is InChI=1S/C18H14FN5O/c1-24-10-14(18(23-24)15-4-3-11(19)8-21-15)12-5-6-20-16-7-17(25-2)22-9-13(12)16/h3-10H,1-2H3. The first-order valence-electron chi connectivity index (χ1n) is 7.60. The Morgan fingerprint density at radius 2 is 1.92 bits per heavy atom. The van der Waals surface area contributed by atoms with E-state index in [0.717, 1.165) is 22.0 Å². The van der Waals surface area contributed by atoms with E-state index >= 15 is 0 Å². The summed E-state index contributed by atoms with van der Waals surface area (Å²) in [4.78, 5) is 12.8. The van der Waals surface area contributed by atoms with E-state index < -0.39 is 0 Å². The maximum atomic E-state index is 13.2. The third kappa shape index (κ3) is 2.69. The molecule has 0 bridgehead atoms. The van der Waals surface area contributed by atoms with Crippen molar-refractivity contribution in [2.45, 2.75) is 0 Å². The first kappa shape index (κ1) is 15.2. The van der Waals surface area contributed by atoms with E-state index in [4.69, 9.17) is 4.74 Å². The molecule has 4 aromatic heterocycles. The number of aryl methyl sites for hydroxylation is 1. The number of ether oxygens (including phenoxy) is 1. The Hall–Kier alpha value is -3.35. The fourth-order valence-electron chi connectivity index (χ4n) is 2.76. The van der Waals surface area contributed by atoms with Crippen LogP contribution in [-0.2, 0) is 7.05 Å². The molecule has 0 aliphatic rings. The van der Waals surface area contributed by atoms with Gasteiger partial charge >= 0.3 is 0 Å². The highest BCUT2D eigenvalue weighted by molar-refractivity contribution is 5.97. The molecule has 0 saturated carbocycles. The van der Waals surface area contributed by atoms with Gasteiger partial charge in [0.05, 0.1) is 24.5 Å². The summed E-state index contributed by atoms with van der Waals surface area (Å²) in [5, 5.41) is 5.37. The van der Waals surface area contributed by atoms with Gasteiger partial charge in [-0.1, -0.05) is 0 Å². The van der Waals surface area contributed by atoms with Crippen molar-refractivity contribution in [2.75, 3.05) is 7.11 Å². The van der Waals surface area contributed by atoms with Crippen LogP contribution < -0.4 is 4.74 Å². The quantitative estimate of drug-likeness (QED) is 0.575. The molecule has 0 atom stereocenters. The van der Waals surface area contributed by atoms with Crippen LogP contribution >= 0.6 is 0 Å². The van der Waals surface area contributed by atoms with Crippen LogP contribution in [0.2, 0.25) is 0 Å². The lowest BCUT2D eigenvalue weighted by atomic mass is 10.0. The molecule has 124 valence electrons. The molecule has 0 unspecified atom stereocenters. The number of methoxy groups -OCH3 is 1. The largest absolute Gasteiger partial charge is 0.481 e. The molecule has 0 amide bonds. The maximum absolute atomic E-state index is 13.2. The number of pyridine rings is 3. The fourth-order valence-corrected chi connectivity index (χ4v) is 2.76. The minimum absolute atomic E-state index is 0.383. The van der Waals surface area contributed by atoms with Crippen LogP contribution in [0, 0.1) is 5.82 Å². The van der Waals surface area contributed by atoms with Gasteiger partial charge in [0, 0.05) is 42.7 Å². The second kappa shape index (κ2) is 5.94. The van der Waals surface area contributed by atoms with Crippen molar-refractivity contribution < 1.29 is 9.13 Å². The first-order valence-corrected chi connectivity index (χ1v) is 7.60. The number of rotatable bonds is 3. The predicted octanol–water partition coefficient (Wildman–Crippen LogP) is 3.24. The normalized spacial score (nSPS) is 11.0. The lowest BCUT2D eigenvalue weighted by molar-refractivity contribution is 0.398. The molecule has 0 aliphatic heterocycles. The van der Waals surface area contributed by atoms with Crippen LogP contribution in [0.5, 0.6) is 5.88 Å². The molecule has 4 heterocycles. The molecule has 4 rings (SSSR count). The van der Waals surface area contributed by atoms with Crippen LogP contribution in [0.4, 0.5) is 4.39 Å². The molecule has 7 heteroatoms. The fraction of sp³-hybridized carbons (Fsp3) is 0.111. The predicted molar refractivity (Wildman–Crippen MR) is 91.5 cm³/mol. The summed E-state index contributed by atoms with van der Waals surface area (Å²) in [6, 6.07) is 6.68. The van der Waals surface area contributed by atoms with E-state index in [2.05, 4.69) is 20.1 Å². The van der Waals surface area contributed by atoms with Crippen LogP contribution in [-0.4, -0.2) is 31.8 Å². The topological polar surface area (TPSA) is 65.7 Å². The van der Waals surface area contributed by atoms with Gasteiger partial charge in [-0.2, -0.15) is 5.10 Å². The van der Waals surface area contributed by atoms with Crippen LogP contribution in [0.15, 0.2) is 49.1 Å². The Morgan fingerprint density at radius 1 is 1.04 bits per heavy atom. The second-order valence-corrected chi connectivity index (χ2v) is 5.53. The smallest absolute Gasteiger partial charge is 0.215 e. The van der Waals surface area contributed by atoms with Crippen molar-refractivity contribution in [3.63, 3.8) is 0 Å². The van der Waals surface area contributed by atoms with Gasteiger partial charge in [-0.25, -0.2) is 9.37 Å². The zero-order valence-corrected chi connectivity index (χ0v) is 13.6. The van der Waals surface area contributed by atoms with Gasteiger partial charge in [0.2, 0.25) is 5.88 Å². The van der Waals surface area contributed by atoms with E-state index in [1.165, 1.54) is 12.3 Å². The summed E-state index contributed by atoms with van der Waals surface area (Å²) < 4.78 is 20.1. The molecule has 25 heavy (non-hydrogen) atoms. The Balaban J connectivity index is 1.94. The number of fused-ring (bicyclic) bond motifs is 1. The van der Waals surface area contributed by atoms with Gasteiger partial charge in [-0.05, 0) is 23.8 Å². The minimum Gasteiger partial charge on any atom is -0.481 e. The highest BCUT2D eigenvalue weighted by atomic mass is 19.1. The monoisotopic (exact) mass is 335 g/mol. The summed E-state index contributed by atoms with van der Waals surface area (Å²) in [6.07, 6.45) is 6.54. The molecular weight excluding hydrogens is 321 g/mol. The van der Waals surface area contributed by atoms with Gasteiger partial charge in [0.15, 0.2) is 0 Å². The molecule has 6 nitrogen and oxygen atoms in total. The Kier molecular flexibility index (Phi) is 3.61. The van der Waals surface area contributed by atoms with Crippen LogP contribution in [0.1, 0.15) is 0 Å². The Morgan fingerprint density at radius 3 is 2.68 bits per heavy atom. The molecule has 0 radical (unpaired) electrons. The van der Waals surface area contributed by atoms with E-state index in [0.29, 0.717) is 17.3 Å². The minimum atomic E-state index is -0.383. The molecule has 4 aromatic rings. The summed E-state index contributed by atoms with van der Waals surface area (Å²) in [5.41, 5.74) is 3.84. The van der Waals surface area contributed by atoms with Crippen LogP contribution in [0.3, 0.4) is 0 Å². The SMILES string of the molecule is COc1cc2nccc(-c3cn(C)nc3-c3ccc(F)cn3)c2cn1. The second-order valence-electron chi connectivity index (χ2n) is 5.53. The summed E-state index contributed by atoms with van der Waals surface area (Å²) in [5.74, 6) is 0.121. The van der Waals surface area contributed by atoms with Crippen molar-refractivity contribution >= 4 is 10.9 Å². The van der Waals surface area contributed by atoms with Crippen molar-refractivity contribution in [3.8, 4) is 28.4 Å². The van der Waals surface area contributed by atoms with Crippen molar-refractivity contribution in [1.29, 1.82) is 0 Å². The molecule has 0 saturated heterocycles. The summed E-state index contributed by atoms with van der Waals surface area (Å²) in [6.45, 7) is 0. The summed E-state index contributed by atoms with van der Waals surface area (Å²) >= 11 is 0. The van der Waals surface area contributed by atoms with E-state index in [1.54, 1.807) is 36.3 Å². The Bertz CT molecular complexity index is 1060. The number of hydrogen-bond acceptors (Lipinski definition) is 5. The molecule has 0 N–H and O–H groups in total. The van der Waals surface area contributed by atoms with Gasteiger partial charge < -0.3 is 4.74 Å². The molecule has 0 aliphatic carbocycles. The van der Waals surface area contributed by atoms with Gasteiger partial charge in [-0.15, -0.1) is 0 Å². The number of halogens is 1. The number of hydrogen-bond donors (Lipinski definition) is 0. The van der Waals surface area contributed by atoms with E-state index in [-0.39, 0.29) is 5.82 Å². The zero-order valence-electron chi connectivity index (χ0n) is 13.6. The van der Waals surface area contributed by atoms with Crippen molar-refractivity contribution in [3.05, 3.63) is 54.9 Å². The maximum Gasteiger partial charge on any atom is 0.215 e. The van der Waals surface area contributed by atoms with Crippen molar-refractivity contribution in [1.82, 2.24) is 24.7 Å². The number of nitrogens with zero attached hydrogens (tertiary/aromatic N) is 5. The zero-order chi connectivity index (χ0) is 17.4. The highest BCUT2D eigenvalue weighted by Crippen LogP contribution is 2.34. The molecule has 0 fully saturated rings. The van der Waals surface area contributed by atoms with Crippen molar-refractivity contribution in [2.24, 2.45) is 7.05 Å². The van der Waals surface area contributed by atoms with Gasteiger partial charge in [0.25, 0.3) is 0 Å². The summed E-state index contributed by atoms with van der Waals surface area (Å²) in [7, 11) is 3.40. The lowest BCUT2D eigenvalue weighted by Gasteiger charge is -2.07. The number of aromatic nitrogens is 5. The highest BCUT2D eigenvalue weighted by Gasteiger charge is 2.16. The third-order valence-corrected chi connectivity index (χ3v) is 3.90. The average Bonchev–Trinajstić information content (AvgIpc) is 3.03. The van der Waals surface area contributed by atoms with Gasteiger partial charge in [0.1, 0.15) is 11.5 Å². The van der Waals surface area contributed by atoms with E-state index in [1.807, 2.05) is 19.3 Å². The lowest BCUT2D eigenvalue weighted by Crippen LogP contribution is -1.92. The average molecular weight is 335 g/mol. The first-order chi connectivity index (χ1) is 12.2. The molecule has 0 aromatic carbocycles. The Labute approximate surface area is 143 Å². The molecule has 0 spiro atoms.